The van der Waals surface area contributed by atoms with Gasteiger partial charge in [0.05, 0.1) is 7.11 Å². The Kier molecular flexibility index (Phi) is 4.67. The zero-order valence-electron chi connectivity index (χ0n) is 12.2. The number of likely N-dealkylation sites (tertiary alicyclic amines) is 1. The van der Waals surface area contributed by atoms with Gasteiger partial charge in [0.25, 0.3) is 5.91 Å². The first-order valence-electron chi connectivity index (χ1n) is 6.82. The molecule has 114 valence electrons. The van der Waals surface area contributed by atoms with Gasteiger partial charge in [-0.2, -0.15) is 0 Å². The van der Waals surface area contributed by atoms with E-state index in [9.17, 15) is 9.59 Å². The molecule has 6 nitrogen and oxygen atoms in total. The molecule has 1 heterocycles. The predicted molar refractivity (Wildman–Crippen MR) is 75.6 cm³/mol. The number of amides is 1. The van der Waals surface area contributed by atoms with Crippen LogP contribution in [0.1, 0.15) is 18.4 Å². The van der Waals surface area contributed by atoms with Crippen LogP contribution in [0.4, 0.5) is 0 Å². The molecule has 2 rings (SSSR count). The summed E-state index contributed by atoms with van der Waals surface area (Å²) in [6.07, 6.45) is 1.20. The molecule has 1 fully saturated rings. The summed E-state index contributed by atoms with van der Waals surface area (Å²) in [5, 5.41) is 9.08. The highest BCUT2D eigenvalue weighted by atomic mass is 16.5. The van der Waals surface area contributed by atoms with E-state index in [0.717, 1.165) is 5.56 Å². The van der Waals surface area contributed by atoms with Crippen molar-refractivity contribution in [2.75, 3.05) is 20.3 Å². The molecule has 1 saturated heterocycles. The Morgan fingerprint density at radius 3 is 2.81 bits per heavy atom. The van der Waals surface area contributed by atoms with E-state index in [2.05, 4.69) is 0 Å². The van der Waals surface area contributed by atoms with Crippen molar-refractivity contribution in [1.29, 1.82) is 0 Å². The first-order chi connectivity index (χ1) is 10.0. The van der Waals surface area contributed by atoms with Gasteiger partial charge in [0.2, 0.25) is 0 Å². The van der Waals surface area contributed by atoms with Crippen LogP contribution < -0.4 is 9.47 Å². The molecule has 0 bridgehead atoms. The number of nitrogens with zero attached hydrogens (tertiary/aromatic N) is 1. The van der Waals surface area contributed by atoms with Gasteiger partial charge in [-0.25, -0.2) is 4.79 Å². The standard InChI is InChI=1S/C15H19NO5/c1-10-5-6-12(13(8-10)20-2)21-9-14(17)16-7-3-4-11(16)15(18)19/h5-6,8,11H,3-4,7,9H2,1-2H3,(H,18,19)/t11-/m1/s1. The molecule has 1 aromatic carbocycles. The van der Waals surface area contributed by atoms with Crippen LogP contribution in [0.2, 0.25) is 0 Å². The number of carboxylic acid groups (broad SMARTS) is 1. The number of benzene rings is 1. The second kappa shape index (κ2) is 6.47. The largest absolute Gasteiger partial charge is 0.493 e. The first-order valence-corrected chi connectivity index (χ1v) is 6.82. The lowest BCUT2D eigenvalue weighted by Gasteiger charge is -2.21. The van der Waals surface area contributed by atoms with Crippen LogP contribution in [-0.2, 0) is 9.59 Å². The van der Waals surface area contributed by atoms with E-state index < -0.39 is 12.0 Å². The van der Waals surface area contributed by atoms with Crippen molar-refractivity contribution < 1.29 is 24.2 Å². The van der Waals surface area contributed by atoms with Crippen molar-refractivity contribution in [3.05, 3.63) is 23.8 Å². The van der Waals surface area contributed by atoms with Crippen LogP contribution in [0, 0.1) is 6.92 Å². The molecule has 6 heteroatoms. The molecule has 0 radical (unpaired) electrons. The third kappa shape index (κ3) is 3.45. The maximum absolute atomic E-state index is 12.1. The fourth-order valence-electron chi connectivity index (χ4n) is 2.44. The Bertz CT molecular complexity index is 543. The smallest absolute Gasteiger partial charge is 0.326 e. The summed E-state index contributed by atoms with van der Waals surface area (Å²) < 4.78 is 10.7. The average Bonchev–Trinajstić information content (AvgIpc) is 2.95. The predicted octanol–water partition coefficient (Wildman–Crippen LogP) is 1.46. The normalized spacial score (nSPS) is 17.6. The summed E-state index contributed by atoms with van der Waals surface area (Å²) in [5.74, 6) is -0.252. The topological polar surface area (TPSA) is 76.1 Å². The van der Waals surface area contributed by atoms with Gasteiger partial charge in [-0.3, -0.25) is 4.79 Å². The summed E-state index contributed by atoms with van der Waals surface area (Å²) in [4.78, 5) is 24.5. The maximum Gasteiger partial charge on any atom is 0.326 e. The van der Waals surface area contributed by atoms with Crippen LogP contribution in [0.15, 0.2) is 18.2 Å². The van der Waals surface area contributed by atoms with Crippen LogP contribution in [0.3, 0.4) is 0 Å². The number of ether oxygens (including phenoxy) is 2. The quantitative estimate of drug-likeness (QED) is 0.889. The van der Waals surface area contributed by atoms with Crippen molar-refractivity contribution in [3.63, 3.8) is 0 Å². The number of hydrogen-bond acceptors (Lipinski definition) is 4. The molecule has 1 aliphatic rings. The molecule has 1 amide bonds. The van der Waals surface area contributed by atoms with Gasteiger partial charge in [0.1, 0.15) is 6.04 Å². The van der Waals surface area contributed by atoms with Crippen LogP contribution >= 0.6 is 0 Å². The van der Waals surface area contributed by atoms with Crippen molar-refractivity contribution in [2.45, 2.75) is 25.8 Å². The minimum absolute atomic E-state index is 0.191. The average molecular weight is 293 g/mol. The maximum atomic E-state index is 12.1. The molecular formula is C15H19NO5. The third-order valence-corrected chi connectivity index (χ3v) is 3.53. The van der Waals surface area contributed by atoms with Crippen LogP contribution in [0.5, 0.6) is 11.5 Å². The summed E-state index contributed by atoms with van der Waals surface area (Å²) in [7, 11) is 1.53. The lowest BCUT2D eigenvalue weighted by Crippen LogP contribution is -2.42. The number of rotatable bonds is 5. The van der Waals surface area contributed by atoms with E-state index >= 15 is 0 Å². The zero-order valence-corrected chi connectivity index (χ0v) is 12.2. The minimum Gasteiger partial charge on any atom is -0.493 e. The number of hydrogen-bond donors (Lipinski definition) is 1. The van der Waals surface area contributed by atoms with E-state index in [-0.39, 0.29) is 12.5 Å². The van der Waals surface area contributed by atoms with Gasteiger partial charge in [0, 0.05) is 6.54 Å². The lowest BCUT2D eigenvalue weighted by molar-refractivity contribution is -0.149. The number of carbonyl (C=O) groups is 2. The Morgan fingerprint density at radius 1 is 1.38 bits per heavy atom. The molecule has 0 aliphatic carbocycles. The van der Waals surface area contributed by atoms with Gasteiger partial charge >= 0.3 is 5.97 Å². The minimum atomic E-state index is -0.964. The molecular weight excluding hydrogens is 274 g/mol. The van der Waals surface area contributed by atoms with Crippen LogP contribution in [0.25, 0.3) is 0 Å². The fourth-order valence-corrected chi connectivity index (χ4v) is 2.44. The SMILES string of the molecule is COc1cc(C)ccc1OCC(=O)N1CCC[C@@H]1C(=O)O. The first kappa shape index (κ1) is 15.2. The molecule has 21 heavy (non-hydrogen) atoms. The number of aliphatic carboxylic acids is 1. The third-order valence-electron chi connectivity index (χ3n) is 3.53. The summed E-state index contributed by atoms with van der Waals surface area (Å²) in [5.41, 5.74) is 1.02. The van der Waals surface area contributed by atoms with E-state index in [0.29, 0.717) is 30.9 Å². The molecule has 0 aromatic heterocycles. The monoisotopic (exact) mass is 293 g/mol. The molecule has 1 N–H and O–H groups in total. The number of carbonyl (C=O) groups excluding carboxylic acids is 1. The Labute approximate surface area is 123 Å². The highest BCUT2D eigenvalue weighted by molar-refractivity contribution is 5.85. The lowest BCUT2D eigenvalue weighted by atomic mass is 10.2. The molecule has 1 atom stereocenters. The number of methoxy groups -OCH3 is 1. The highest BCUT2D eigenvalue weighted by Crippen LogP contribution is 2.28. The molecule has 0 unspecified atom stereocenters. The van der Waals surface area contributed by atoms with Gasteiger partial charge in [-0.15, -0.1) is 0 Å². The molecule has 1 aliphatic heterocycles. The van der Waals surface area contributed by atoms with E-state index in [1.54, 1.807) is 6.07 Å². The van der Waals surface area contributed by atoms with Gasteiger partial charge in [-0.05, 0) is 37.5 Å². The Balaban J connectivity index is 1.99. The molecule has 1 aromatic rings. The van der Waals surface area contributed by atoms with Crippen LogP contribution in [-0.4, -0.2) is 48.2 Å². The summed E-state index contributed by atoms with van der Waals surface area (Å²) in [6.45, 7) is 2.20. The fraction of sp³-hybridized carbons (Fsp3) is 0.467. The van der Waals surface area contributed by atoms with Crippen molar-refractivity contribution in [1.82, 2.24) is 4.90 Å². The van der Waals surface area contributed by atoms with Crippen molar-refractivity contribution in [3.8, 4) is 11.5 Å². The molecule has 0 saturated carbocycles. The van der Waals surface area contributed by atoms with Gasteiger partial charge in [-0.1, -0.05) is 6.07 Å². The zero-order chi connectivity index (χ0) is 15.4. The van der Waals surface area contributed by atoms with Gasteiger partial charge < -0.3 is 19.5 Å². The second-order valence-corrected chi connectivity index (χ2v) is 5.03. The molecule has 0 spiro atoms. The highest BCUT2D eigenvalue weighted by Gasteiger charge is 2.34. The number of carboxylic acids is 1. The summed E-state index contributed by atoms with van der Waals surface area (Å²) >= 11 is 0. The van der Waals surface area contributed by atoms with Crippen molar-refractivity contribution >= 4 is 11.9 Å². The summed E-state index contributed by atoms with van der Waals surface area (Å²) in [6, 6.07) is 4.68. The Hall–Kier alpha value is -2.24. The van der Waals surface area contributed by atoms with Gasteiger partial charge in [0.15, 0.2) is 18.1 Å². The van der Waals surface area contributed by atoms with E-state index in [4.69, 9.17) is 14.6 Å². The number of aryl methyl sites for hydroxylation is 1. The van der Waals surface area contributed by atoms with E-state index in [1.165, 1.54) is 12.0 Å². The van der Waals surface area contributed by atoms with Crippen molar-refractivity contribution in [2.24, 2.45) is 0 Å². The second-order valence-electron chi connectivity index (χ2n) is 5.03. The van der Waals surface area contributed by atoms with E-state index in [1.807, 2.05) is 19.1 Å². The Morgan fingerprint density at radius 2 is 2.14 bits per heavy atom.